The lowest BCUT2D eigenvalue weighted by atomic mass is 9.67. The Hall–Kier alpha value is -1.59. The summed E-state index contributed by atoms with van der Waals surface area (Å²) < 4.78 is 0. The average molecular weight is 309 g/mol. The zero-order valence-corrected chi connectivity index (χ0v) is 14.2. The van der Waals surface area contributed by atoms with Crippen LogP contribution in [0.5, 0.6) is 0 Å². The fraction of sp³-hybridized carbons (Fsp3) is 0.812. The smallest absolute Gasteiger partial charge is 0.325 e. The molecule has 1 aliphatic heterocycles. The molecule has 0 atom stereocenters. The number of nitrogens with zero attached hydrogens (tertiary/aromatic N) is 2. The Labute approximate surface area is 132 Å². The van der Waals surface area contributed by atoms with E-state index < -0.39 is 11.6 Å². The Bertz CT molecular complexity index is 485. The Morgan fingerprint density at radius 1 is 1.27 bits per heavy atom. The molecule has 1 saturated heterocycles. The van der Waals surface area contributed by atoms with E-state index >= 15 is 0 Å². The summed E-state index contributed by atoms with van der Waals surface area (Å²) in [6.07, 6.45) is 3.16. The number of urea groups is 1. The number of rotatable bonds is 2. The molecule has 6 heteroatoms. The van der Waals surface area contributed by atoms with E-state index in [1.807, 2.05) is 0 Å². The molecular formula is C16H27N3O3. The number of nitrogens with one attached hydrogen (secondary N) is 1. The molecule has 1 N–H and O–H groups in total. The summed E-state index contributed by atoms with van der Waals surface area (Å²) in [6.45, 7) is 6.47. The molecule has 6 nitrogen and oxygen atoms in total. The monoisotopic (exact) mass is 309 g/mol. The lowest BCUT2D eigenvalue weighted by Gasteiger charge is -2.40. The number of imide groups is 1. The maximum absolute atomic E-state index is 12.7. The van der Waals surface area contributed by atoms with Crippen molar-refractivity contribution in [1.29, 1.82) is 0 Å². The van der Waals surface area contributed by atoms with Crippen molar-refractivity contribution in [3.63, 3.8) is 0 Å². The van der Waals surface area contributed by atoms with Gasteiger partial charge in [-0.25, -0.2) is 4.79 Å². The molecule has 2 rings (SSSR count). The van der Waals surface area contributed by atoms with Crippen LogP contribution in [-0.4, -0.2) is 53.8 Å². The Kier molecular flexibility index (Phi) is 4.24. The molecular weight excluding hydrogens is 282 g/mol. The van der Waals surface area contributed by atoms with Crippen LogP contribution in [0.3, 0.4) is 0 Å². The quantitative estimate of drug-likeness (QED) is 0.788. The number of amides is 4. The van der Waals surface area contributed by atoms with Crippen LogP contribution in [0, 0.1) is 11.3 Å². The minimum absolute atomic E-state index is 0.178. The van der Waals surface area contributed by atoms with E-state index in [9.17, 15) is 14.4 Å². The van der Waals surface area contributed by atoms with Crippen LogP contribution in [-0.2, 0) is 9.59 Å². The van der Waals surface area contributed by atoms with Crippen molar-refractivity contribution in [1.82, 2.24) is 15.1 Å². The first-order valence-corrected chi connectivity index (χ1v) is 7.91. The second-order valence-electron chi connectivity index (χ2n) is 7.83. The maximum atomic E-state index is 12.7. The van der Waals surface area contributed by atoms with E-state index in [4.69, 9.17) is 0 Å². The molecule has 1 heterocycles. The Morgan fingerprint density at radius 3 is 2.27 bits per heavy atom. The first-order chi connectivity index (χ1) is 10.1. The molecule has 4 amide bonds. The number of likely N-dealkylation sites (N-methyl/N-ethyl adjacent to an activating group) is 1. The van der Waals surface area contributed by atoms with Gasteiger partial charge in [-0.3, -0.25) is 14.5 Å². The van der Waals surface area contributed by atoms with E-state index in [0.717, 1.165) is 17.7 Å². The van der Waals surface area contributed by atoms with Gasteiger partial charge in [0, 0.05) is 14.1 Å². The lowest BCUT2D eigenvalue weighted by molar-refractivity contribution is -0.138. The molecule has 0 unspecified atom stereocenters. The second-order valence-corrected chi connectivity index (χ2v) is 7.83. The van der Waals surface area contributed by atoms with Crippen molar-refractivity contribution in [2.24, 2.45) is 11.3 Å². The van der Waals surface area contributed by atoms with Crippen molar-refractivity contribution in [3.05, 3.63) is 0 Å². The predicted octanol–water partition coefficient (Wildman–Crippen LogP) is 1.60. The highest BCUT2D eigenvalue weighted by molar-refractivity contribution is 6.09. The van der Waals surface area contributed by atoms with Gasteiger partial charge >= 0.3 is 6.03 Å². The minimum Gasteiger partial charge on any atom is -0.347 e. The third-order valence-corrected chi connectivity index (χ3v) is 5.10. The third-order valence-electron chi connectivity index (χ3n) is 5.10. The molecule has 2 fully saturated rings. The van der Waals surface area contributed by atoms with Crippen molar-refractivity contribution >= 4 is 17.8 Å². The fourth-order valence-electron chi connectivity index (χ4n) is 3.41. The SMILES string of the molecule is CN(C)C(=O)CN1C(=O)NC2(CCC(C(C)(C)C)CC2)C1=O. The van der Waals surface area contributed by atoms with Crippen LogP contribution < -0.4 is 5.32 Å². The first kappa shape index (κ1) is 16.8. The lowest BCUT2D eigenvalue weighted by Crippen LogP contribution is -2.51. The van der Waals surface area contributed by atoms with Gasteiger partial charge in [-0.2, -0.15) is 0 Å². The first-order valence-electron chi connectivity index (χ1n) is 7.91. The summed E-state index contributed by atoms with van der Waals surface area (Å²) in [5.41, 5.74) is -0.570. The van der Waals surface area contributed by atoms with Crippen LogP contribution in [0.1, 0.15) is 46.5 Å². The third kappa shape index (κ3) is 2.96. The van der Waals surface area contributed by atoms with Crippen LogP contribution >= 0.6 is 0 Å². The standard InChI is InChI=1S/C16H27N3O3/c1-15(2,3)11-6-8-16(9-7-11)13(21)19(14(22)17-16)10-12(20)18(4)5/h11H,6-10H2,1-5H3,(H,17,22). The van der Waals surface area contributed by atoms with Crippen molar-refractivity contribution in [2.45, 2.75) is 52.0 Å². The van der Waals surface area contributed by atoms with Crippen molar-refractivity contribution in [3.8, 4) is 0 Å². The highest BCUT2D eigenvalue weighted by Gasteiger charge is 2.53. The summed E-state index contributed by atoms with van der Waals surface area (Å²) in [6, 6.07) is -0.436. The van der Waals surface area contributed by atoms with E-state index in [1.54, 1.807) is 14.1 Å². The van der Waals surface area contributed by atoms with Gasteiger partial charge in [0.2, 0.25) is 5.91 Å². The van der Waals surface area contributed by atoms with Crippen LogP contribution in [0.15, 0.2) is 0 Å². The summed E-state index contributed by atoms with van der Waals surface area (Å²) in [4.78, 5) is 39.1. The molecule has 22 heavy (non-hydrogen) atoms. The summed E-state index contributed by atoms with van der Waals surface area (Å²) in [7, 11) is 3.23. The molecule has 0 bridgehead atoms. The Balaban J connectivity index is 2.07. The van der Waals surface area contributed by atoms with Gasteiger partial charge in [0.25, 0.3) is 5.91 Å². The van der Waals surface area contributed by atoms with Gasteiger partial charge in [0.1, 0.15) is 12.1 Å². The number of carbonyl (C=O) groups excluding carboxylic acids is 3. The average Bonchev–Trinajstić information content (AvgIpc) is 2.62. The molecule has 2 aliphatic rings. The van der Waals surface area contributed by atoms with Crippen LogP contribution in [0.4, 0.5) is 4.79 Å². The fourth-order valence-corrected chi connectivity index (χ4v) is 3.41. The van der Waals surface area contributed by atoms with Gasteiger partial charge in [-0.05, 0) is 37.0 Å². The molecule has 124 valence electrons. The number of carbonyl (C=O) groups is 3. The van der Waals surface area contributed by atoms with E-state index in [2.05, 4.69) is 26.1 Å². The highest BCUT2D eigenvalue weighted by atomic mass is 16.2. The number of hydrogen-bond donors (Lipinski definition) is 1. The van der Waals surface area contributed by atoms with Crippen LogP contribution in [0.25, 0.3) is 0 Å². The van der Waals surface area contributed by atoms with Crippen molar-refractivity contribution < 1.29 is 14.4 Å². The predicted molar refractivity (Wildman–Crippen MR) is 83.1 cm³/mol. The van der Waals surface area contributed by atoms with E-state index in [0.29, 0.717) is 18.8 Å². The number of hydrogen-bond acceptors (Lipinski definition) is 3. The molecule has 1 aliphatic carbocycles. The summed E-state index contributed by atoms with van der Waals surface area (Å²) in [5.74, 6) is 0.0734. The van der Waals surface area contributed by atoms with Gasteiger partial charge in [-0.1, -0.05) is 20.8 Å². The van der Waals surface area contributed by atoms with Gasteiger partial charge in [0.05, 0.1) is 0 Å². The molecule has 0 aromatic rings. The molecule has 0 aromatic heterocycles. The van der Waals surface area contributed by atoms with Gasteiger partial charge in [0.15, 0.2) is 0 Å². The minimum atomic E-state index is -0.786. The molecule has 0 radical (unpaired) electrons. The zero-order valence-electron chi connectivity index (χ0n) is 14.2. The van der Waals surface area contributed by atoms with Crippen molar-refractivity contribution in [2.75, 3.05) is 20.6 Å². The maximum Gasteiger partial charge on any atom is 0.325 e. The molecule has 0 aromatic carbocycles. The second kappa shape index (κ2) is 5.56. The topological polar surface area (TPSA) is 69.7 Å². The highest BCUT2D eigenvalue weighted by Crippen LogP contribution is 2.43. The van der Waals surface area contributed by atoms with E-state index in [-0.39, 0.29) is 23.8 Å². The summed E-state index contributed by atoms with van der Waals surface area (Å²) in [5, 5.41) is 2.85. The van der Waals surface area contributed by atoms with Gasteiger partial charge in [-0.15, -0.1) is 0 Å². The zero-order chi connectivity index (χ0) is 16.7. The van der Waals surface area contributed by atoms with Crippen LogP contribution in [0.2, 0.25) is 0 Å². The van der Waals surface area contributed by atoms with E-state index in [1.165, 1.54) is 4.90 Å². The largest absolute Gasteiger partial charge is 0.347 e. The Morgan fingerprint density at radius 2 is 1.82 bits per heavy atom. The van der Waals surface area contributed by atoms with Gasteiger partial charge < -0.3 is 10.2 Å². The molecule has 1 spiro atoms. The summed E-state index contributed by atoms with van der Waals surface area (Å²) >= 11 is 0. The normalized spacial score (nSPS) is 29.0. The molecule has 1 saturated carbocycles.